The molecular formula is C12H17NO. The number of rotatable bonds is 5. The van der Waals surface area contributed by atoms with E-state index in [2.05, 4.69) is 11.9 Å². The predicted molar refractivity (Wildman–Crippen MR) is 58.8 cm³/mol. The van der Waals surface area contributed by atoms with E-state index in [9.17, 15) is 5.11 Å². The normalized spacial score (nSPS) is 14.7. The Labute approximate surface area is 85.3 Å². The van der Waals surface area contributed by atoms with Crippen molar-refractivity contribution >= 4 is 0 Å². The van der Waals surface area contributed by atoms with Crippen LogP contribution in [0.25, 0.3) is 0 Å². The first-order valence-corrected chi connectivity index (χ1v) is 4.84. The summed E-state index contributed by atoms with van der Waals surface area (Å²) < 4.78 is 0. The van der Waals surface area contributed by atoms with Crippen LogP contribution in [0.15, 0.2) is 43.0 Å². The van der Waals surface area contributed by atoms with Gasteiger partial charge in [-0.05, 0) is 18.9 Å². The number of hydrogen-bond acceptors (Lipinski definition) is 2. The Bertz CT molecular complexity index is 269. The van der Waals surface area contributed by atoms with E-state index in [4.69, 9.17) is 0 Å². The van der Waals surface area contributed by atoms with Gasteiger partial charge >= 0.3 is 0 Å². The highest BCUT2D eigenvalue weighted by Gasteiger charge is 2.10. The third-order valence-corrected chi connectivity index (χ3v) is 2.05. The average Bonchev–Trinajstić information content (AvgIpc) is 2.18. The first kappa shape index (κ1) is 11.0. The van der Waals surface area contributed by atoms with Gasteiger partial charge in [0.2, 0.25) is 0 Å². The fraction of sp³-hybridized carbons (Fsp3) is 0.333. The van der Waals surface area contributed by atoms with Crippen LogP contribution in [0.1, 0.15) is 24.9 Å². The molecule has 0 bridgehead atoms. The molecule has 0 heterocycles. The molecule has 2 heteroatoms. The standard InChI is InChI=1S/C12H17NO/c1-3-7-12(13-10(2)14)11-8-5-4-6-9-11/h3-6,8-10,12-14H,1,7H2,2H3. The van der Waals surface area contributed by atoms with Gasteiger partial charge in [-0.2, -0.15) is 0 Å². The molecule has 2 atom stereocenters. The van der Waals surface area contributed by atoms with E-state index < -0.39 is 6.23 Å². The summed E-state index contributed by atoms with van der Waals surface area (Å²) >= 11 is 0. The summed E-state index contributed by atoms with van der Waals surface area (Å²) in [6, 6.07) is 10.2. The first-order chi connectivity index (χ1) is 6.74. The summed E-state index contributed by atoms with van der Waals surface area (Å²) in [7, 11) is 0. The van der Waals surface area contributed by atoms with E-state index in [1.807, 2.05) is 36.4 Å². The maximum Gasteiger partial charge on any atom is 0.102 e. The van der Waals surface area contributed by atoms with Gasteiger partial charge in [0, 0.05) is 6.04 Å². The monoisotopic (exact) mass is 191 g/mol. The van der Waals surface area contributed by atoms with E-state index in [-0.39, 0.29) is 6.04 Å². The van der Waals surface area contributed by atoms with E-state index >= 15 is 0 Å². The lowest BCUT2D eigenvalue weighted by Gasteiger charge is -2.19. The van der Waals surface area contributed by atoms with Gasteiger partial charge in [-0.1, -0.05) is 36.4 Å². The van der Waals surface area contributed by atoms with Crippen molar-refractivity contribution in [1.82, 2.24) is 5.32 Å². The highest BCUT2D eigenvalue weighted by molar-refractivity contribution is 5.19. The summed E-state index contributed by atoms with van der Waals surface area (Å²) in [6.07, 6.45) is 2.17. The molecule has 2 unspecified atom stereocenters. The largest absolute Gasteiger partial charge is 0.379 e. The molecule has 0 amide bonds. The average molecular weight is 191 g/mol. The number of nitrogens with one attached hydrogen (secondary N) is 1. The summed E-state index contributed by atoms with van der Waals surface area (Å²) in [5.74, 6) is 0. The van der Waals surface area contributed by atoms with Gasteiger partial charge in [0.1, 0.15) is 6.23 Å². The second-order valence-corrected chi connectivity index (χ2v) is 3.33. The minimum atomic E-state index is -0.500. The predicted octanol–water partition coefficient (Wildman–Crippen LogP) is 2.23. The molecule has 0 aliphatic heterocycles. The lowest BCUT2D eigenvalue weighted by atomic mass is 10.0. The molecule has 0 saturated carbocycles. The number of aliphatic hydroxyl groups excluding tert-OH is 1. The van der Waals surface area contributed by atoms with Crippen LogP contribution in [0, 0.1) is 0 Å². The molecule has 2 N–H and O–H groups in total. The Morgan fingerprint density at radius 3 is 2.57 bits per heavy atom. The van der Waals surface area contributed by atoms with Crippen LogP contribution in [0.4, 0.5) is 0 Å². The molecule has 14 heavy (non-hydrogen) atoms. The zero-order valence-electron chi connectivity index (χ0n) is 8.48. The van der Waals surface area contributed by atoms with Crippen LogP contribution in [-0.2, 0) is 0 Å². The Morgan fingerprint density at radius 2 is 2.07 bits per heavy atom. The van der Waals surface area contributed by atoms with Crippen molar-refractivity contribution in [3.05, 3.63) is 48.6 Å². The zero-order valence-corrected chi connectivity index (χ0v) is 8.48. The van der Waals surface area contributed by atoms with Crippen molar-refractivity contribution in [1.29, 1.82) is 0 Å². The minimum absolute atomic E-state index is 0.147. The highest BCUT2D eigenvalue weighted by Crippen LogP contribution is 2.16. The number of aliphatic hydroxyl groups is 1. The molecule has 1 rings (SSSR count). The van der Waals surface area contributed by atoms with Crippen LogP contribution in [0.2, 0.25) is 0 Å². The molecule has 1 aromatic rings. The van der Waals surface area contributed by atoms with Crippen LogP contribution in [-0.4, -0.2) is 11.3 Å². The summed E-state index contributed by atoms with van der Waals surface area (Å²) in [5, 5.41) is 12.3. The Morgan fingerprint density at radius 1 is 1.43 bits per heavy atom. The molecule has 0 aliphatic rings. The lowest BCUT2D eigenvalue weighted by molar-refractivity contribution is 0.140. The van der Waals surface area contributed by atoms with E-state index in [0.29, 0.717) is 0 Å². The summed E-state index contributed by atoms with van der Waals surface area (Å²) in [4.78, 5) is 0. The Hall–Kier alpha value is -1.12. The van der Waals surface area contributed by atoms with Gasteiger partial charge in [0.25, 0.3) is 0 Å². The highest BCUT2D eigenvalue weighted by atomic mass is 16.3. The molecular weight excluding hydrogens is 174 g/mol. The number of hydrogen-bond donors (Lipinski definition) is 2. The van der Waals surface area contributed by atoms with Crippen molar-refractivity contribution in [3.8, 4) is 0 Å². The second-order valence-electron chi connectivity index (χ2n) is 3.33. The molecule has 0 aromatic heterocycles. The van der Waals surface area contributed by atoms with Crippen LogP contribution >= 0.6 is 0 Å². The molecule has 0 radical (unpaired) electrons. The third-order valence-electron chi connectivity index (χ3n) is 2.05. The molecule has 2 nitrogen and oxygen atoms in total. The molecule has 76 valence electrons. The Balaban J connectivity index is 2.72. The van der Waals surface area contributed by atoms with Gasteiger partial charge in [-0.3, -0.25) is 5.32 Å². The van der Waals surface area contributed by atoms with Gasteiger partial charge in [-0.25, -0.2) is 0 Å². The van der Waals surface area contributed by atoms with Gasteiger partial charge in [0.05, 0.1) is 0 Å². The first-order valence-electron chi connectivity index (χ1n) is 4.84. The summed E-state index contributed by atoms with van der Waals surface area (Å²) in [5.41, 5.74) is 1.17. The Kier molecular flexibility index (Phi) is 4.36. The number of benzene rings is 1. The molecule has 0 saturated heterocycles. The SMILES string of the molecule is C=CCC(NC(C)O)c1ccccc1. The second kappa shape index (κ2) is 5.58. The fourth-order valence-corrected chi connectivity index (χ4v) is 1.44. The van der Waals surface area contributed by atoms with Crippen molar-refractivity contribution in [2.24, 2.45) is 0 Å². The smallest absolute Gasteiger partial charge is 0.102 e. The fourth-order valence-electron chi connectivity index (χ4n) is 1.44. The van der Waals surface area contributed by atoms with Gasteiger partial charge in [-0.15, -0.1) is 6.58 Å². The topological polar surface area (TPSA) is 32.3 Å². The molecule has 0 aliphatic carbocycles. The maximum absolute atomic E-state index is 9.27. The molecule has 1 aromatic carbocycles. The van der Waals surface area contributed by atoms with Gasteiger partial charge in [0.15, 0.2) is 0 Å². The van der Waals surface area contributed by atoms with E-state index in [1.165, 1.54) is 5.56 Å². The van der Waals surface area contributed by atoms with Crippen molar-refractivity contribution < 1.29 is 5.11 Å². The van der Waals surface area contributed by atoms with E-state index in [1.54, 1.807) is 6.92 Å². The maximum atomic E-state index is 9.27. The van der Waals surface area contributed by atoms with Crippen molar-refractivity contribution in [2.45, 2.75) is 25.6 Å². The lowest BCUT2D eigenvalue weighted by Crippen LogP contribution is -2.29. The third kappa shape index (κ3) is 3.32. The van der Waals surface area contributed by atoms with Crippen LogP contribution < -0.4 is 5.32 Å². The van der Waals surface area contributed by atoms with Crippen LogP contribution in [0.5, 0.6) is 0 Å². The zero-order chi connectivity index (χ0) is 10.4. The van der Waals surface area contributed by atoms with Gasteiger partial charge < -0.3 is 5.11 Å². The van der Waals surface area contributed by atoms with Crippen molar-refractivity contribution in [3.63, 3.8) is 0 Å². The van der Waals surface area contributed by atoms with Crippen molar-refractivity contribution in [2.75, 3.05) is 0 Å². The molecule has 0 fully saturated rings. The quantitative estimate of drug-likeness (QED) is 0.552. The van der Waals surface area contributed by atoms with Crippen LogP contribution in [0.3, 0.4) is 0 Å². The van der Waals surface area contributed by atoms with E-state index in [0.717, 1.165) is 6.42 Å². The minimum Gasteiger partial charge on any atom is -0.379 e. The summed E-state index contributed by atoms with van der Waals surface area (Å²) in [6.45, 7) is 5.43. The molecule has 0 spiro atoms.